The van der Waals surface area contributed by atoms with Crippen LogP contribution in [0.4, 0.5) is 5.69 Å². The molecule has 1 fully saturated rings. The standard InChI is InChI=1S/C16H26BrN3/c1-4-14-12-20(9-8-19(14)3)15-7-6-13(11-18-5-2)16(17)10-15/h6-7,10,14,18H,4-5,8-9,11-12H2,1-3H3. The Balaban J connectivity index is 2.07. The van der Waals surface area contributed by atoms with Crippen molar-refractivity contribution in [2.45, 2.75) is 32.9 Å². The summed E-state index contributed by atoms with van der Waals surface area (Å²) in [6.07, 6.45) is 1.21. The maximum atomic E-state index is 3.71. The van der Waals surface area contributed by atoms with E-state index < -0.39 is 0 Å². The predicted molar refractivity (Wildman–Crippen MR) is 90.4 cm³/mol. The first-order chi connectivity index (χ1) is 9.65. The SMILES string of the molecule is CCNCc1ccc(N2CCN(C)C(CC)C2)cc1Br. The first-order valence-corrected chi connectivity index (χ1v) is 8.39. The molecule has 0 bridgehead atoms. The van der Waals surface area contributed by atoms with E-state index in [4.69, 9.17) is 0 Å². The van der Waals surface area contributed by atoms with E-state index in [1.807, 2.05) is 0 Å². The molecule has 0 radical (unpaired) electrons. The summed E-state index contributed by atoms with van der Waals surface area (Å²) in [5.41, 5.74) is 2.67. The number of rotatable bonds is 5. The largest absolute Gasteiger partial charge is 0.369 e. The Labute approximate surface area is 131 Å². The second-order valence-corrected chi connectivity index (χ2v) is 6.40. The number of nitrogens with one attached hydrogen (secondary N) is 1. The summed E-state index contributed by atoms with van der Waals surface area (Å²) in [4.78, 5) is 4.99. The van der Waals surface area contributed by atoms with Gasteiger partial charge in [-0.15, -0.1) is 0 Å². The Morgan fingerprint density at radius 1 is 1.30 bits per heavy atom. The topological polar surface area (TPSA) is 18.5 Å². The van der Waals surface area contributed by atoms with Crippen LogP contribution in [-0.2, 0) is 6.54 Å². The van der Waals surface area contributed by atoms with Crippen molar-refractivity contribution in [1.29, 1.82) is 0 Å². The highest BCUT2D eigenvalue weighted by molar-refractivity contribution is 9.10. The molecule has 1 N–H and O–H groups in total. The van der Waals surface area contributed by atoms with Gasteiger partial charge in [0.15, 0.2) is 0 Å². The van der Waals surface area contributed by atoms with Gasteiger partial charge < -0.3 is 10.2 Å². The average Bonchev–Trinajstić information content (AvgIpc) is 2.46. The van der Waals surface area contributed by atoms with E-state index in [0.717, 1.165) is 32.7 Å². The molecule has 1 saturated heterocycles. The third kappa shape index (κ3) is 3.74. The monoisotopic (exact) mass is 339 g/mol. The van der Waals surface area contributed by atoms with Gasteiger partial charge in [0.2, 0.25) is 0 Å². The van der Waals surface area contributed by atoms with E-state index in [1.54, 1.807) is 0 Å². The van der Waals surface area contributed by atoms with Crippen molar-refractivity contribution in [1.82, 2.24) is 10.2 Å². The molecule has 112 valence electrons. The number of nitrogens with zero attached hydrogens (tertiary/aromatic N) is 2. The summed E-state index contributed by atoms with van der Waals surface area (Å²) in [5, 5.41) is 3.38. The minimum Gasteiger partial charge on any atom is -0.369 e. The molecule has 0 saturated carbocycles. The second kappa shape index (κ2) is 7.43. The van der Waals surface area contributed by atoms with Crippen molar-refractivity contribution >= 4 is 21.6 Å². The summed E-state index contributed by atoms with van der Waals surface area (Å²) in [6.45, 7) is 9.74. The van der Waals surface area contributed by atoms with Crippen LogP contribution < -0.4 is 10.2 Å². The molecule has 1 aliphatic rings. The maximum Gasteiger partial charge on any atom is 0.0378 e. The fourth-order valence-corrected chi connectivity index (χ4v) is 3.26. The average molecular weight is 340 g/mol. The van der Waals surface area contributed by atoms with Crippen molar-refractivity contribution in [3.63, 3.8) is 0 Å². The van der Waals surface area contributed by atoms with Crippen molar-refractivity contribution in [3.8, 4) is 0 Å². The predicted octanol–water partition coefficient (Wildman–Crippen LogP) is 3.09. The lowest BCUT2D eigenvalue weighted by molar-refractivity contribution is 0.213. The van der Waals surface area contributed by atoms with Gasteiger partial charge in [-0.25, -0.2) is 0 Å². The molecule has 1 aromatic carbocycles. The minimum atomic E-state index is 0.670. The quantitative estimate of drug-likeness (QED) is 0.889. The highest BCUT2D eigenvalue weighted by atomic mass is 79.9. The van der Waals surface area contributed by atoms with Crippen LogP contribution in [0.2, 0.25) is 0 Å². The van der Waals surface area contributed by atoms with Crippen LogP contribution in [-0.4, -0.2) is 44.2 Å². The number of piperazine rings is 1. The van der Waals surface area contributed by atoms with Crippen LogP contribution in [0.5, 0.6) is 0 Å². The molecule has 3 nitrogen and oxygen atoms in total. The lowest BCUT2D eigenvalue weighted by Gasteiger charge is -2.40. The minimum absolute atomic E-state index is 0.670. The first-order valence-electron chi connectivity index (χ1n) is 7.60. The molecule has 20 heavy (non-hydrogen) atoms. The third-order valence-corrected chi connectivity index (χ3v) is 4.95. The van der Waals surface area contributed by atoms with Crippen molar-refractivity contribution in [3.05, 3.63) is 28.2 Å². The van der Waals surface area contributed by atoms with Crippen molar-refractivity contribution < 1.29 is 0 Å². The molecule has 4 heteroatoms. The number of hydrogen-bond donors (Lipinski definition) is 1. The number of anilines is 1. The molecular formula is C16H26BrN3. The fourth-order valence-electron chi connectivity index (χ4n) is 2.76. The Kier molecular flexibility index (Phi) is 5.87. The van der Waals surface area contributed by atoms with Crippen LogP contribution in [0, 0.1) is 0 Å². The van der Waals surface area contributed by atoms with Gasteiger partial charge in [-0.1, -0.05) is 35.8 Å². The summed E-state index contributed by atoms with van der Waals surface area (Å²) >= 11 is 3.71. The van der Waals surface area contributed by atoms with Gasteiger partial charge in [0, 0.05) is 42.4 Å². The Hall–Kier alpha value is -0.580. The number of hydrogen-bond acceptors (Lipinski definition) is 3. The fraction of sp³-hybridized carbons (Fsp3) is 0.625. The molecule has 0 spiro atoms. The van der Waals surface area contributed by atoms with Crippen LogP contribution in [0.25, 0.3) is 0 Å². The van der Waals surface area contributed by atoms with Gasteiger partial charge in [0.05, 0.1) is 0 Å². The summed E-state index contributed by atoms with van der Waals surface area (Å²) in [7, 11) is 2.24. The zero-order valence-corrected chi connectivity index (χ0v) is 14.4. The molecule has 1 heterocycles. The highest BCUT2D eigenvalue weighted by Crippen LogP contribution is 2.26. The van der Waals surface area contributed by atoms with Crippen molar-refractivity contribution in [2.75, 3.05) is 38.1 Å². The van der Waals surface area contributed by atoms with Crippen LogP contribution in [0.3, 0.4) is 0 Å². The van der Waals surface area contributed by atoms with E-state index >= 15 is 0 Å². The number of likely N-dealkylation sites (N-methyl/N-ethyl adjacent to an activating group) is 1. The Morgan fingerprint density at radius 3 is 2.75 bits per heavy atom. The van der Waals surface area contributed by atoms with Gasteiger partial charge >= 0.3 is 0 Å². The summed E-state index contributed by atoms with van der Waals surface area (Å²) < 4.78 is 1.21. The Morgan fingerprint density at radius 2 is 2.10 bits per heavy atom. The zero-order valence-electron chi connectivity index (χ0n) is 12.8. The summed E-state index contributed by atoms with van der Waals surface area (Å²) in [6, 6.07) is 7.44. The normalized spacial score (nSPS) is 20.4. The lowest BCUT2D eigenvalue weighted by atomic mass is 10.1. The lowest BCUT2D eigenvalue weighted by Crippen LogP contribution is -2.51. The molecular weight excluding hydrogens is 314 g/mol. The molecule has 0 amide bonds. The third-order valence-electron chi connectivity index (χ3n) is 4.22. The number of halogens is 1. The van der Waals surface area contributed by atoms with Gasteiger partial charge in [-0.05, 0) is 37.7 Å². The molecule has 0 aliphatic carbocycles. The van der Waals surface area contributed by atoms with E-state index in [1.165, 1.54) is 22.1 Å². The van der Waals surface area contributed by atoms with E-state index in [9.17, 15) is 0 Å². The molecule has 1 aliphatic heterocycles. The molecule has 1 aromatic rings. The van der Waals surface area contributed by atoms with E-state index in [0.29, 0.717) is 6.04 Å². The van der Waals surface area contributed by atoms with Gasteiger partial charge in [0.1, 0.15) is 0 Å². The highest BCUT2D eigenvalue weighted by Gasteiger charge is 2.23. The zero-order chi connectivity index (χ0) is 14.5. The van der Waals surface area contributed by atoms with Crippen LogP contribution >= 0.6 is 15.9 Å². The smallest absolute Gasteiger partial charge is 0.0378 e. The maximum absolute atomic E-state index is 3.71. The van der Waals surface area contributed by atoms with Gasteiger partial charge in [-0.2, -0.15) is 0 Å². The van der Waals surface area contributed by atoms with E-state index in [2.05, 4.69) is 70.1 Å². The second-order valence-electron chi connectivity index (χ2n) is 5.54. The van der Waals surface area contributed by atoms with Gasteiger partial charge in [0.25, 0.3) is 0 Å². The number of benzene rings is 1. The first kappa shape index (κ1) is 15.8. The molecule has 1 atom stereocenters. The van der Waals surface area contributed by atoms with Crippen molar-refractivity contribution in [2.24, 2.45) is 0 Å². The molecule has 1 unspecified atom stereocenters. The molecule has 0 aromatic heterocycles. The van der Waals surface area contributed by atoms with Crippen LogP contribution in [0.15, 0.2) is 22.7 Å². The van der Waals surface area contributed by atoms with Gasteiger partial charge in [-0.3, -0.25) is 4.90 Å². The van der Waals surface area contributed by atoms with Crippen LogP contribution in [0.1, 0.15) is 25.8 Å². The molecule has 2 rings (SSSR count). The Bertz CT molecular complexity index is 436. The summed E-state index contributed by atoms with van der Waals surface area (Å²) in [5.74, 6) is 0. The van der Waals surface area contributed by atoms with E-state index in [-0.39, 0.29) is 0 Å².